The van der Waals surface area contributed by atoms with Crippen molar-refractivity contribution in [3.63, 3.8) is 0 Å². The highest BCUT2D eigenvalue weighted by Crippen LogP contribution is 2.17. The van der Waals surface area contributed by atoms with E-state index in [1.165, 1.54) is 32.4 Å². The number of likely N-dealkylation sites (tertiary alicyclic amines) is 1. The van der Waals surface area contributed by atoms with Crippen LogP contribution in [0.2, 0.25) is 0 Å². The molecular weight excluding hydrogens is 248 g/mol. The Morgan fingerprint density at radius 2 is 1.80 bits per heavy atom. The van der Waals surface area contributed by atoms with Gasteiger partial charge < -0.3 is 10.6 Å². The molecule has 1 saturated heterocycles. The van der Waals surface area contributed by atoms with Crippen molar-refractivity contribution in [3.8, 4) is 0 Å². The fourth-order valence-electron chi connectivity index (χ4n) is 2.76. The minimum atomic E-state index is 0.0447. The fraction of sp³-hybridized carbons (Fsp3) is 0.938. The third-order valence-corrected chi connectivity index (χ3v) is 3.62. The van der Waals surface area contributed by atoms with E-state index in [0.29, 0.717) is 6.04 Å². The monoisotopic (exact) mass is 282 g/mol. The first-order valence-electron chi connectivity index (χ1n) is 8.04. The van der Waals surface area contributed by atoms with Crippen LogP contribution in [0.1, 0.15) is 53.9 Å². The molecule has 1 rings (SSSR count). The Morgan fingerprint density at radius 3 is 2.25 bits per heavy atom. The van der Waals surface area contributed by atoms with Crippen molar-refractivity contribution in [2.45, 2.75) is 65.5 Å². The van der Waals surface area contributed by atoms with E-state index in [4.69, 9.17) is 0 Å². The minimum absolute atomic E-state index is 0.0447. The van der Waals surface area contributed by atoms with Crippen molar-refractivity contribution >= 4 is 5.96 Å². The van der Waals surface area contributed by atoms with Crippen LogP contribution in [0.25, 0.3) is 0 Å². The van der Waals surface area contributed by atoms with E-state index in [1.54, 1.807) is 0 Å². The molecule has 1 aliphatic rings. The van der Waals surface area contributed by atoms with Gasteiger partial charge in [-0.15, -0.1) is 0 Å². The lowest BCUT2D eigenvalue weighted by molar-refractivity contribution is 0.212. The summed E-state index contributed by atoms with van der Waals surface area (Å²) < 4.78 is 0. The van der Waals surface area contributed by atoms with Crippen molar-refractivity contribution in [2.24, 2.45) is 10.9 Å². The normalized spacial score (nSPS) is 19.4. The number of hydrogen-bond acceptors (Lipinski definition) is 2. The van der Waals surface area contributed by atoms with E-state index in [9.17, 15) is 0 Å². The van der Waals surface area contributed by atoms with Crippen molar-refractivity contribution in [1.82, 2.24) is 15.5 Å². The lowest BCUT2D eigenvalue weighted by Gasteiger charge is -2.31. The number of guanidine groups is 1. The van der Waals surface area contributed by atoms with Crippen LogP contribution >= 0.6 is 0 Å². The average molecular weight is 282 g/mol. The number of aliphatic imine (C=N–C) groups is 1. The quantitative estimate of drug-likeness (QED) is 0.601. The molecule has 1 unspecified atom stereocenters. The van der Waals surface area contributed by atoms with Gasteiger partial charge in [-0.2, -0.15) is 0 Å². The Hall–Kier alpha value is -0.770. The van der Waals surface area contributed by atoms with E-state index in [2.05, 4.69) is 55.1 Å². The summed E-state index contributed by atoms with van der Waals surface area (Å²) in [6.45, 7) is 14.6. The van der Waals surface area contributed by atoms with Crippen molar-refractivity contribution in [1.29, 1.82) is 0 Å². The van der Waals surface area contributed by atoms with E-state index in [1.807, 2.05) is 7.05 Å². The molecule has 0 bridgehead atoms. The van der Waals surface area contributed by atoms with Crippen LogP contribution in [0.5, 0.6) is 0 Å². The second kappa shape index (κ2) is 7.87. The Morgan fingerprint density at radius 1 is 1.20 bits per heavy atom. The van der Waals surface area contributed by atoms with Crippen LogP contribution in [0.4, 0.5) is 0 Å². The van der Waals surface area contributed by atoms with Gasteiger partial charge in [0.1, 0.15) is 0 Å². The zero-order valence-corrected chi connectivity index (χ0v) is 14.3. The highest BCUT2D eigenvalue weighted by molar-refractivity contribution is 5.80. The standard InChI is InChI=1S/C16H34N4/c1-13(2)11-14(20-9-7-8-10-20)12-18-15(17-6)19-16(3,4)5/h13-14H,7-12H2,1-6H3,(H2,17,18,19). The van der Waals surface area contributed by atoms with Gasteiger partial charge in [0.05, 0.1) is 0 Å². The Labute approximate surface area is 125 Å². The molecule has 2 N–H and O–H groups in total. The zero-order chi connectivity index (χ0) is 15.2. The molecule has 0 aliphatic carbocycles. The number of nitrogens with one attached hydrogen (secondary N) is 2. The van der Waals surface area contributed by atoms with Gasteiger partial charge in [0.25, 0.3) is 0 Å². The van der Waals surface area contributed by atoms with Gasteiger partial charge in [-0.1, -0.05) is 13.8 Å². The number of hydrogen-bond donors (Lipinski definition) is 2. The summed E-state index contributed by atoms with van der Waals surface area (Å²) in [4.78, 5) is 6.96. The van der Waals surface area contributed by atoms with Crippen LogP contribution in [0.3, 0.4) is 0 Å². The second-order valence-corrected chi connectivity index (χ2v) is 7.35. The molecule has 0 saturated carbocycles. The highest BCUT2D eigenvalue weighted by Gasteiger charge is 2.23. The highest BCUT2D eigenvalue weighted by atomic mass is 15.2. The topological polar surface area (TPSA) is 39.7 Å². The number of rotatable bonds is 5. The first-order chi connectivity index (χ1) is 9.31. The molecule has 0 amide bonds. The molecule has 1 fully saturated rings. The minimum Gasteiger partial charge on any atom is -0.355 e. The molecule has 1 heterocycles. The summed E-state index contributed by atoms with van der Waals surface area (Å²) in [5.74, 6) is 1.64. The summed E-state index contributed by atoms with van der Waals surface area (Å²) in [6.07, 6.45) is 3.95. The predicted octanol–water partition coefficient (Wildman–Crippen LogP) is 2.46. The van der Waals surface area contributed by atoms with Crippen molar-refractivity contribution in [2.75, 3.05) is 26.7 Å². The SMILES string of the molecule is CN=C(NCC(CC(C)C)N1CCCC1)NC(C)(C)C. The van der Waals surface area contributed by atoms with E-state index < -0.39 is 0 Å². The molecule has 4 heteroatoms. The maximum atomic E-state index is 4.33. The Balaban J connectivity index is 2.51. The van der Waals surface area contributed by atoms with Crippen molar-refractivity contribution in [3.05, 3.63) is 0 Å². The van der Waals surface area contributed by atoms with Gasteiger partial charge >= 0.3 is 0 Å². The summed E-state index contributed by atoms with van der Waals surface area (Å²) >= 11 is 0. The van der Waals surface area contributed by atoms with E-state index >= 15 is 0 Å². The predicted molar refractivity (Wildman–Crippen MR) is 88.3 cm³/mol. The number of nitrogens with zero attached hydrogens (tertiary/aromatic N) is 2. The van der Waals surface area contributed by atoms with Gasteiger partial charge in [0, 0.05) is 25.2 Å². The average Bonchev–Trinajstić information content (AvgIpc) is 2.84. The summed E-state index contributed by atoms with van der Waals surface area (Å²) in [6, 6.07) is 0.621. The lowest BCUT2D eigenvalue weighted by atomic mass is 10.0. The zero-order valence-electron chi connectivity index (χ0n) is 14.3. The Kier molecular flexibility index (Phi) is 6.80. The summed E-state index contributed by atoms with van der Waals surface area (Å²) in [5, 5.41) is 6.93. The molecule has 0 aromatic carbocycles. The van der Waals surface area contributed by atoms with Crippen molar-refractivity contribution < 1.29 is 0 Å². The maximum absolute atomic E-state index is 4.33. The van der Waals surface area contributed by atoms with E-state index in [0.717, 1.165) is 18.4 Å². The van der Waals surface area contributed by atoms with Gasteiger partial charge in [-0.25, -0.2) is 0 Å². The van der Waals surface area contributed by atoms with Crippen LogP contribution in [0.15, 0.2) is 4.99 Å². The molecule has 0 aromatic rings. The van der Waals surface area contributed by atoms with Gasteiger partial charge in [-0.3, -0.25) is 9.89 Å². The van der Waals surface area contributed by atoms with Gasteiger partial charge in [0.15, 0.2) is 5.96 Å². The smallest absolute Gasteiger partial charge is 0.191 e. The van der Waals surface area contributed by atoms with Crippen LogP contribution in [-0.2, 0) is 0 Å². The first-order valence-corrected chi connectivity index (χ1v) is 8.04. The molecule has 0 radical (unpaired) electrons. The fourth-order valence-corrected chi connectivity index (χ4v) is 2.76. The molecule has 0 spiro atoms. The van der Waals surface area contributed by atoms with Crippen LogP contribution in [0, 0.1) is 5.92 Å². The third kappa shape index (κ3) is 6.60. The molecule has 1 aliphatic heterocycles. The van der Waals surface area contributed by atoms with Crippen LogP contribution in [-0.4, -0.2) is 49.1 Å². The van der Waals surface area contributed by atoms with Gasteiger partial charge in [0.2, 0.25) is 0 Å². The molecule has 118 valence electrons. The molecular formula is C16H34N4. The third-order valence-electron chi connectivity index (χ3n) is 3.62. The molecule has 0 aromatic heterocycles. The first kappa shape index (κ1) is 17.3. The molecule has 1 atom stereocenters. The maximum Gasteiger partial charge on any atom is 0.191 e. The van der Waals surface area contributed by atoms with E-state index in [-0.39, 0.29) is 5.54 Å². The van der Waals surface area contributed by atoms with Crippen LogP contribution < -0.4 is 10.6 Å². The second-order valence-electron chi connectivity index (χ2n) is 7.35. The Bertz CT molecular complexity index is 298. The summed E-state index contributed by atoms with van der Waals surface area (Å²) in [5.41, 5.74) is 0.0447. The molecule has 4 nitrogen and oxygen atoms in total. The summed E-state index contributed by atoms with van der Waals surface area (Å²) in [7, 11) is 1.84. The van der Waals surface area contributed by atoms with Gasteiger partial charge in [-0.05, 0) is 59.0 Å². The lowest BCUT2D eigenvalue weighted by Crippen LogP contribution is -2.51. The molecule has 20 heavy (non-hydrogen) atoms. The largest absolute Gasteiger partial charge is 0.355 e.